The molecule has 0 atom stereocenters. The number of rotatable bonds is 5. The number of nitrogens with one attached hydrogen (secondary N) is 1. The topological polar surface area (TPSA) is 87.4 Å². The number of anilines is 1. The molecule has 29 heavy (non-hydrogen) atoms. The van der Waals surface area contributed by atoms with Gasteiger partial charge in [-0.05, 0) is 51.5 Å². The molecule has 0 radical (unpaired) electrons. The van der Waals surface area contributed by atoms with Gasteiger partial charge in [0.2, 0.25) is 5.78 Å². The average molecular weight is 526 g/mol. The van der Waals surface area contributed by atoms with Gasteiger partial charge < -0.3 is 9.64 Å². The molecule has 2 aromatic rings. The molecular weight excluding hydrogens is 503 g/mol. The second kappa shape index (κ2) is 9.09. The number of ether oxygens (including phenoxy) is 1. The van der Waals surface area contributed by atoms with Crippen molar-refractivity contribution in [3.63, 3.8) is 0 Å². The van der Waals surface area contributed by atoms with E-state index in [2.05, 4.69) is 26.5 Å². The zero-order chi connectivity index (χ0) is 21.9. The molecule has 0 aliphatic rings. The van der Waals surface area contributed by atoms with Crippen molar-refractivity contribution in [1.82, 2.24) is 8.87 Å². The van der Waals surface area contributed by atoms with Crippen LogP contribution < -0.4 is 5.32 Å². The van der Waals surface area contributed by atoms with Gasteiger partial charge in [-0.1, -0.05) is 0 Å². The maximum absolute atomic E-state index is 12.9. The van der Waals surface area contributed by atoms with Crippen LogP contribution in [0.5, 0.6) is 0 Å². The SMILES string of the molecule is Cc1cc2cc(C(=O)/C(C#N)=C/N(C)C)n(SI)c2cc1NC(=O)OC(C)(C)C. The third-order valence-electron chi connectivity index (χ3n) is 3.79. The molecule has 1 aromatic heterocycles. The molecular formula is C20H23IN4O3S. The Bertz CT molecular complexity index is 1030. The molecule has 0 aliphatic carbocycles. The van der Waals surface area contributed by atoms with Crippen LogP contribution in [-0.2, 0) is 4.74 Å². The Hall–Kier alpha value is -2.19. The fourth-order valence-corrected chi connectivity index (χ4v) is 4.38. The van der Waals surface area contributed by atoms with Crippen LogP contribution in [0, 0.1) is 18.3 Å². The molecule has 1 amide bonds. The van der Waals surface area contributed by atoms with Gasteiger partial charge in [0.25, 0.3) is 0 Å². The fourth-order valence-electron chi connectivity index (χ4n) is 2.66. The van der Waals surface area contributed by atoms with Crippen molar-refractivity contribution in [2.75, 3.05) is 19.4 Å². The van der Waals surface area contributed by atoms with Crippen LogP contribution >= 0.6 is 30.3 Å². The van der Waals surface area contributed by atoms with Crippen molar-refractivity contribution < 1.29 is 14.3 Å². The number of hydrogen-bond donors (Lipinski definition) is 1. The summed E-state index contributed by atoms with van der Waals surface area (Å²) >= 11 is 2.08. The third-order valence-corrected chi connectivity index (χ3v) is 5.51. The number of carbonyl (C=O) groups excluding carboxylic acids is 2. The monoisotopic (exact) mass is 526 g/mol. The van der Waals surface area contributed by atoms with Crippen LogP contribution in [0.25, 0.3) is 10.9 Å². The lowest BCUT2D eigenvalue weighted by Gasteiger charge is -2.20. The van der Waals surface area contributed by atoms with Gasteiger partial charge in [-0.25, -0.2) is 4.79 Å². The fraction of sp³-hybridized carbons (Fsp3) is 0.350. The van der Waals surface area contributed by atoms with Crippen LogP contribution in [0.2, 0.25) is 0 Å². The maximum atomic E-state index is 12.9. The van der Waals surface area contributed by atoms with Crippen LogP contribution in [0.4, 0.5) is 10.5 Å². The number of Topliss-reactive ketones (excluding diaryl/α,β-unsaturated/α-hetero) is 1. The first-order valence-corrected chi connectivity index (χ1v) is 12.1. The number of aromatic nitrogens is 1. The van der Waals surface area contributed by atoms with E-state index in [9.17, 15) is 14.9 Å². The molecule has 0 saturated carbocycles. The molecule has 1 aromatic carbocycles. The van der Waals surface area contributed by atoms with Crippen molar-refractivity contribution in [1.29, 1.82) is 5.26 Å². The summed E-state index contributed by atoms with van der Waals surface area (Å²) in [7, 11) is 4.83. The van der Waals surface area contributed by atoms with E-state index in [1.54, 1.807) is 55.9 Å². The summed E-state index contributed by atoms with van der Waals surface area (Å²) < 4.78 is 7.07. The van der Waals surface area contributed by atoms with Gasteiger partial charge in [0.1, 0.15) is 22.9 Å². The van der Waals surface area contributed by atoms with Crippen LogP contribution in [0.3, 0.4) is 0 Å². The first-order valence-electron chi connectivity index (χ1n) is 8.75. The van der Waals surface area contributed by atoms with E-state index in [0.29, 0.717) is 11.4 Å². The molecule has 1 heterocycles. The van der Waals surface area contributed by atoms with Gasteiger partial charge in [-0.3, -0.25) is 14.1 Å². The Labute approximate surface area is 186 Å². The van der Waals surface area contributed by atoms with Crippen LogP contribution in [0.1, 0.15) is 36.8 Å². The minimum absolute atomic E-state index is 0.0494. The van der Waals surface area contributed by atoms with Crippen molar-refractivity contribution >= 4 is 58.8 Å². The zero-order valence-corrected chi connectivity index (χ0v) is 20.1. The number of ketones is 1. The van der Waals surface area contributed by atoms with Crippen molar-refractivity contribution in [2.24, 2.45) is 0 Å². The molecule has 1 N–H and O–H groups in total. The second-order valence-electron chi connectivity index (χ2n) is 7.69. The summed E-state index contributed by atoms with van der Waals surface area (Å²) in [6, 6.07) is 7.42. The lowest BCUT2D eigenvalue weighted by Crippen LogP contribution is -2.27. The standard InChI is InChI=1S/C20H23IN4O3S/c1-12-7-13-8-17(18(26)14(10-22)11-24(5)6)25(29-21)16(13)9-15(12)23-19(27)28-20(2,3)4/h7-9,11H,1-6H3,(H,23,27)/b14-11+. The van der Waals surface area contributed by atoms with E-state index in [0.717, 1.165) is 16.5 Å². The summed E-state index contributed by atoms with van der Waals surface area (Å²) in [6.45, 7) is 7.26. The highest BCUT2D eigenvalue weighted by molar-refractivity contribution is 14.2. The summed E-state index contributed by atoms with van der Waals surface area (Å²) in [5.74, 6) is -0.360. The molecule has 2 rings (SSSR count). The Morgan fingerprint density at radius 3 is 2.48 bits per heavy atom. The predicted octanol–water partition coefficient (Wildman–Crippen LogP) is 5.29. The number of halogens is 1. The van der Waals surface area contributed by atoms with Crippen molar-refractivity contribution in [2.45, 2.75) is 33.3 Å². The summed E-state index contributed by atoms with van der Waals surface area (Å²) in [5.41, 5.74) is 2.02. The lowest BCUT2D eigenvalue weighted by molar-refractivity contribution is 0.0635. The molecule has 154 valence electrons. The van der Waals surface area contributed by atoms with E-state index < -0.39 is 11.7 Å². The Morgan fingerprint density at radius 2 is 1.97 bits per heavy atom. The number of allylic oxidation sites excluding steroid dienone is 1. The highest BCUT2D eigenvalue weighted by atomic mass is 127. The number of benzene rings is 1. The van der Waals surface area contributed by atoms with Gasteiger partial charge in [0.05, 0.1) is 5.52 Å². The number of aryl methyl sites for hydroxylation is 1. The Kier molecular flexibility index (Phi) is 7.24. The second-order valence-corrected chi connectivity index (χ2v) is 9.38. The number of amides is 1. The van der Waals surface area contributed by atoms with Crippen LogP contribution in [0.15, 0.2) is 30.0 Å². The minimum atomic E-state index is -0.605. The molecule has 0 bridgehead atoms. The van der Waals surface area contributed by atoms with Gasteiger partial charge in [-0.2, -0.15) is 5.26 Å². The van der Waals surface area contributed by atoms with Crippen LogP contribution in [-0.4, -0.2) is 40.4 Å². The van der Waals surface area contributed by atoms with E-state index in [1.807, 2.05) is 19.1 Å². The van der Waals surface area contributed by atoms with Gasteiger partial charge >= 0.3 is 6.09 Å². The zero-order valence-electron chi connectivity index (χ0n) is 17.2. The van der Waals surface area contributed by atoms with E-state index in [1.165, 1.54) is 15.3 Å². The first-order chi connectivity index (χ1) is 13.5. The van der Waals surface area contributed by atoms with Gasteiger partial charge in [0.15, 0.2) is 0 Å². The lowest BCUT2D eigenvalue weighted by atomic mass is 10.1. The Morgan fingerprint density at radius 1 is 1.31 bits per heavy atom. The van der Waals surface area contributed by atoms with E-state index >= 15 is 0 Å². The molecule has 0 fully saturated rings. The summed E-state index contributed by atoms with van der Waals surface area (Å²) in [6.07, 6.45) is 0.959. The largest absolute Gasteiger partial charge is 0.444 e. The molecule has 9 heteroatoms. The average Bonchev–Trinajstić information content (AvgIpc) is 2.94. The minimum Gasteiger partial charge on any atom is -0.444 e. The molecule has 0 saturated heterocycles. The van der Waals surface area contributed by atoms with Crippen molar-refractivity contribution in [3.05, 3.63) is 41.2 Å². The number of nitriles is 1. The van der Waals surface area contributed by atoms with Gasteiger partial charge in [-0.15, -0.1) is 0 Å². The smallest absolute Gasteiger partial charge is 0.412 e. The van der Waals surface area contributed by atoms with E-state index in [-0.39, 0.29) is 11.4 Å². The molecule has 0 unspecified atom stereocenters. The Balaban J connectivity index is 2.51. The highest BCUT2D eigenvalue weighted by Gasteiger charge is 2.22. The summed E-state index contributed by atoms with van der Waals surface area (Å²) in [4.78, 5) is 26.7. The molecule has 0 spiro atoms. The van der Waals surface area contributed by atoms with Crippen molar-refractivity contribution in [3.8, 4) is 6.07 Å². The predicted molar refractivity (Wildman–Crippen MR) is 125 cm³/mol. The molecule has 0 aliphatic heterocycles. The maximum Gasteiger partial charge on any atom is 0.412 e. The first kappa shape index (κ1) is 23.1. The number of nitrogens with zero attached hydrogens (tertiary/aromatic N) is 3. The van der Waals surface area contributed by atoms with E-state index in [4.69, 9.17) is 4.74 Å². The quantitative estimate of drug-likeness (QED) is 0.247. The van der Waals surface area contributed by atoms with Gasteiger partial charge in [0, 0.05) is 61.7 Å². The number of fused-ring (bicyclic) bond motifs is 1. The third kappa shape index (κ3) is 5.67. The molecule has 7 nitrogen and oxygen atoms in total. The number of carbonyl (C=O) groups is 2. The normalized spacial score (nSPS) is 11.9. The highest BCUT2D eigenvalue weighted by Crippen LogP contribution is 2.33. The number of hydrogen-bond acceptors (Lipinski definition) is 6. The summed E-state index contributed by atoms with van der Waals surface area (Å²) in [5, 5.41) is 13.0.